The average molecular weight is 764 g/mol. The van der Waals surface area contributed by atoms with Crippen molar-refractivity contribution < 1.29 is 0 Å². The number of rotatable bonds is 7. The van der Waals surface area contributed by atoms with E-state index in [2.05, 4.69) is 118 Å². The SMILES string of the molecule is C=C.C=C.C=C(C)CC.C=C(CC)C\C=C/C=C(C)\C=C/C.C=C/C(C)=C/C.C=CC.CC.CC.CC.CC.CC.CC.CC1CCC(N)CC1.CCC. The first-order chi connectivity index (χ1) is 25.9. The smallest absolute Gasteiger partial charge is 0.00390 e. The van der Waals surface area contributed by atoms with Crippen molar-refractivity contribution in [1.29, 1.82) is 0 Å². The zero-order chi connectivity index (χ0) is 46.8. The molecular formula is C53H113N. The van der Waals surface area contributed by atoms with Crippen LogP contribution in [0.4, 0.5) is 0 Å². The molecule has 1 heteroatoms. The molecule has 0 aromatic rings. The van der Waals surface area contributed by atoms with Crippen LogP contribution in [0.5, 0.6) is 0 Å². The summed E-state index contributed by atoms with van der Waals surface area (Å²) in [5.41, 5.74) is 10.7. The van der Waals surface area contributed by atoms with Crippen LogP contribution in [0.3, 0.4) is 0 Å². The molecule has 2 N–H and O–H groups in total. The van der Waals surface area contributed by atoms with Gasteiger partial charge in [-0.25, -0.2) is 0 Å². The molecule has 0 atom stereocenters. The molecule has 0 radical (unpaired) electrons. The van der Waals surface area contributed by atoms with Gasteiger partial charge in [0, 0.05) is 6.04 Å². The highest BCUT2D eigenvalue weighted by atomic mass is 14.6. The Kier molecular flexibility index (Phi) is 205. The first-order valence-electron chi connectivity index (χ1n) is 21.8. The Labute approximate surface area is 350 Å². The van der Waals surface area contributed by atoms with Gasteiger partial charge in [0.05, 0.1) is 0 Å². The molecule has 1 aliphatic rings. The Balaban J connectivity index is -0.0000000330. The first kappa shape index (κ1) is 88.5. The van der Waals surface area contributed by atoms with E-state index in [0.29, 0.717) is 6.04 Å². The first-order valence-corrected chi connectivity index (χ1v) is 21.8. The molecule has 0 aliphatic heterocycles. The zero-order valence-corrected chi connectivity index (χ0v) is 42.7. The minimum Gasteiger partial charge on any atom is -0.328 e. The minimum absolute atomic E-state index is 0.520. The zero-order valence-electron chi connectivity index (χ0n) is 42.7. The fraction of sp³-hybridized carbons (Fsp3) is 0.623. The van der Waals surface area contributed by atoms with Crippen LogP contribution in [0.1, 0.15) is 211 Å². The molecule has 0 amide bonds. The van der Waals surface area contributed by atoms with Crippen LogP contribution in [-0.2, 0) is 0 Å². The van der Waals surface area contributed by atoms with Gasteiger partial charge in [-0.15, -0.1) is 39.5 Å². The summed E-state index contributed by atoms with van der Waals surface area (Å²) < 4.78 is 0. The fourth-order valence-electron chi connectivity index (χ4n) is 2.32. The maximum Gasteiger partial charge on any atom is 0.00390 e. The average Bonchev–Trinajstić information content (AvgIpc) is 3.24. The maximum atomic E-state index is 5.70. The van der Waals surface area contributed by atoms with Crippen molar-refractivity contribution in [3.63, 3.8) is 0 Å². The fourth-order valence-corrected chi connectivity index (χ4v) is 2.32. The van der Waals surface area contributed by atoms with Crippen molar-refractivity contribution in [2.75, 3.05) is 0 Å². The Hall–Kier alpha value is -2.64. The van der Waals surface area contributed by atoms with Crippen molar-refractivity contribution >= 4 is 0 Å². The molecule has 0 heterocycles. The third-order valence-corrected chi connectivity index (χ3v) is 5.27. The lowest BCUT2D eigenvalue weighted by atomic mass is 9.88. The van der Waals surface area contributed by atoms with E-state index in [0.717, 1.165) is 25.2 Å². The summed E-state index contributed by atoms with van der Waals surface area (Å²) in [6.07, 6.45) is 25.7. The summed E-state index contributed by atoms with van der Waals surface area (Å²) in [4.78, 5) is 0. The predicted molar refractivity (Wildman–Crippen MR) is 275 cm³/mol. The number of hydrogen-bond donors (Lipinski definition) is 1. The minimum atomic E-state index is 0.520. The van der Waals surface area contributed by atoms with E-state index in [1.165, 1.54) is 54.4 Å². The van der Waals surface area contributed by atoms with Crippen molar-refractivity contribution in [2.24, 2.45) is 11.7 Å². The van der Waals surface area contributed by atoms with Gasteiger partial charge in [-0.1, -0.05) is 208 Å². The van der Waals surface area contributed by atoms with Gasteiger partial charge >= 0.3 is 0 Å². The summed E-state index contributed by atoms with van der Waals surface area (Å²) in [7, 11) is 0. The molecule has 330 valence electrons. The largest absolute Gasteiger partial charge is 0.328 e. The van der Waals surface area contributed by atoms with Crippen LogP contribution >= 0.6 is 0 Å². The van der Waals surface area contributed by atoms with Gasteiger partial charge in [0.25, 0.3) is 0 Å². The van der Waals surface area contributed by atoms with E-state index in [4.69, 9.17) is 5.73 Å². The monoisotopic (exact) mass is 764 g/mol. The molecule has 0 saturated heterocycles. The second kappa shape index (κ2) is 125. The van der Waals surface area contributed by atoms with Crippen LogP contribution in [0.2, 0.25) is 0 Å². The molecule has 1 rings (SSSR count). The summed E-state index contributed by atoms with van der Waals surface area (Å²) in [6, 6.07) is 0.520. The van der Waals surface area contributed by atoms with E-state index in [1.807, 2.05) is 136 Å². The molecule has 0 spiro atoms. The second-order valence-corrected chi connectivity index (χ2v) is 9.83. The molecule has 1 saturated carbocycles. The molecular weight excluding hydrogens is 651 g/mol. The highest BCUT2D eigenvalue weighted by molar-refractivity contribution is 5.21. The van der Waals surface area contributed by atoms with Gasteiger partial charge in [-0.05, 0) is 92.4 Å². The van der Waals surface area contributed by atoms with E-state index in [1.54, 1.807) is 6.08 Å². The molecule has 0 unspecified atom stereocenters. The molecule has 0 aromatic carbocycles. The van der Waals surface area contributed by atoms with Crippen molar-refractivity contribution in [3.8, 4) is 0 Å². The molecule has 54 heavy (non-hydrogen) atoms. The number of nitrogens with two attached hydrogens (primary N) is 1. The van der Waals surface area contributed by atoms with Crippen LogP contribution in [0.15, 0.2) is 124 Å². The number of hydrogen-bond acceptors (Lipinski definition) is 1. The summed E-state index contributed by atoms with van der Waals surface area (Å²) in [5, 5.41) is 0. The van der Waals surface area contributed by atoms with Gasteiger partial charge in [0.2, 0.25) is 0 Å². The van der Waals surface area contributed by atoms with Gasteiger partial charge in [-0.2, -0.15) is 0 Å². The van der Waals surface area contributed by atoms with E-state index in [9.17, 15) is 0 Å². The third kappa shape index (κ3) is 179. The van der Waals surface area contributed by atoms with E-state index in [-0.39, 0.29) is 0 Å². The molecule has 1 nitrogen and oxygen atoms in total. The third-order valence-electron chi connectivity index (χ3n) is 5.27. The maximum absolute atomic E-state index is 5.70. The molecule has 0 bridgehead atoms. The summed E-state index contributed by atoms with van der Waals surface area (Å²) in [6.45, 7) is 73.4. The van der Waals surface area contributed by atoms with Gasteiger partial charge in [0.15, 0.2) is 0 Å². The van der Waals surface area contributed by atoms with Gasteiger partial charge in [0.1, 0.15) is 0 Å². The standard InChI is InChI=1S/C13H20.C7H15N.C6H10.C5H10.C3H8.C3H6.6C2H6.2C2H4/c1-5-9-13(4)11-8-7-10-12(3)6-2;1-6-2-4-7(8)5-3-6;1-4-6(3)5-2;1-4-5(2)3;2*1-3-2;8*1-2/h5,7-9,11H,3,6,10H2,1-2,4H3;6-7H,2-5,8H2,1H3;4-5H,1H2,2-3H3;2,4H2,1,3H3;3H2,1-2H3;3H,1H2,2H3;6*1-2H3;2*1-2H2/b8-7-,9-5-,13-11-;;6-5+;;;;;;;;;;;. The Morgan fingerprint density at radius 1 is 0.630 bits per heavy atom. The van der Waals surface area contributed by atoms with E-state index < -0.39 is 0 Å². The topological polar surface area (TPSA) is 26.0 Å². The highest BCUT2D eigenvalue weighted by Gasteiger charge is 2.13. The van der Waals surface area contributed by atoms with Gasteiger partial charge in [-0.3, -0.25) is 0 Å². The van der Waals surface area contributed by atoms with E-state index >= 15 is 0 Å². The Morgan fingerprint density at radius 2 is 0.944 bits per heavy atom. The van der Waals surface area contributed by atoms with Crippen molar-refractivity contribution in [3.05, 3.63) is 124 Å². The predicted octanol–water partition coefficient (Wildman–Crippen LogP) is 20.4. The quantitative estimate of drug-likeness (QED) is 0.203. The normalized spacial score (nSPS) is 12.4. The number of allylic oxidation sites excluding steroid dienone is 12. The molecule has 1 aliphatic carbocycles. The summed E-state index contributed by atoms with van der Waals surface area (Å²) >= 11 is 0. The van der Waals surface area contributed by atoms with Crippen LogP contribution in [0, 0.1) is 5.92 Å². The van der Waals surface area contributed by atoms with Crippen molar-refractivity contribution in [2.45, 2.75) is 217 Å². The van der Waals surface area contributed by atoms with Gasteiger partial charge < -0.3 is 5.73 Å². The molecule has 0 aromatic heterocycles. The Bertz CT molecular complexity index is 664. The van der Waals surface area contributed by atoms with Crippen LogP contribution < -0.4 is 5.73 Å². The Morgan fingerprint density at radius 3 is 1.13 bits per heavy atom. The summed E-state index contributed by atoms with van der Waals surface area (Å²) in [5.74, 6) is 0.940. The highest BCUT2D eigenvalue weighted by Crippen LogP contribution is 2.21. The molecule has 1 fully saturated rings. The lowest BCUT2D eigenvalue weighted by Gasteiger charge is -2.22. The second-order valence-electron chi connectivity index (χ2n) is 9.83. The van der Waals surface area contributed by atoms with Crippen molar-refractivity contribution in [1.82, 2.24) is 0 Å². The lowest BCUT2D eigenvalue weighted by molar-refractivity contribution is 0.348. The lowest BCUT2D eigenvalue weighted by Crippen LogP contribution is -2.25. The van der Waals surface area contributed by atoms with Crippen LogP contribution in [-0.4, -0.2) is 6.04 Å². The van der Waals surface area contributed by atoms with Crippen LogP contribution in [0.25, 0.3) is 0 Å².